The second-order valence-corrected chi connectivity index (χ2v) is 4.26. The Bertz CT molecular complexity index is 551. The minimum absolute atomic E-state index is 0.535. The molecule has 0 spiro atoms. The third kappa shape index (κ3) is 2.08. The van der Waals surface area contributed by atoms with Crippen molar-refractivity contribution in [1.82, 2.24) is 0 Å². The number of carbonyl (C=O) groups is 1. The number of hydrogen-bond acceptors (Lipinski definition) is 2. The molecule has 0 aliphatic rings. The van der Waals surface area contributed by atoms with E-state index in [-0.39, 0.29) is 0 Å². The van der Waals surface area contributed by atoms with Gasteiger partial charge in [-0.1, -0.05) is 35.9 Å². The Morgan fingerprint density at radius 2 is 1.88 bits per heavy atom. The van der Waals surface area contributed by atoms with Gasteiger partial charge in [0.2, 0.25) is 5.24 Å². The molecule has 3 heteroatoms. The molecule has 0 bridgehead atoms. The lowest BCUT2D eigenvalue weighted by molar-refractivity contribution is -0.112. The van der Waals surface area contributed by atoms with Gasteiger partial charge in [0.15, 0.2) is 0 Å². The predicted molar refractivity (Wildman–Crippen MR) is 66.5 cm³/mol. The number of aryl methyl sites for hydroxylation is 1. The number of nitrogens with two attached hydrogens (primary N) is 1. The fourth-order valence-electron chi connectivity index (χ4n) is 1.71. The van der Waals surface area contributed by atoms with Crippen molar-refractivity contribution in [2.45, 2.75) is 13.0 Å². The largest absolute Gasteiger partial charge is 0.317 e. The van der Waals surface area contributed by atoms with Crippen molar-refractivity contribution in [3.05, 3.63) is 47.5 Å². The van der Waals surface area contributed by atoms with Gasteiger partial charge >= 0.3 is 0 Å². The van der Waals surface area contributed by atoms with Crippen LogP contribution in [0.1, 0.15) is 17.2 Å². The van der Waals surface area contributed by atoms with E-state index in [1.165, 1.54) is 5.56 Å². The number of carbonyl (C=O) groups excluding carboxylic acids is 1. The van der Waals surface area contributed by atoms with Crippen molar-refractivity contribution in [3.8, 4) is 0 Å². The van der Waals surface area contributed by atoms with Gasteiger partial charge in [0, 0.05) is 0 Å². The average Bonchev–Trinajstić information content (AvgIpc) is 2.26. The first-order valence-electron chi connectivity index (χ1n) is 5.03. The van der Waals surface area contributed by atoms with Gasteiger partial charge in [-0.15, -0.1) is 0 Å². The van der Waals surface area contributed by atoms with Crippen molar-refractivity contribution in [2.75, 3.05) is 0 Å². The van der Waals surface area contributed by atoms with Crippen molar-refractivity contribution in [2.24, 2.45) is 5.73 Å². The summed E-state index contributed by atoms with van der Waals surface area (Å²) in [6, 6.07) is 11.1. The number of fused-ring (bicyclic) bond motifs is 1. The average molecular weight is 234 g/mol. The van der Waals surface area contributed by atoms with Crippen LogP contribution in [0.5, 0.6) is 0 Å². The van der Waals surface area contributed by atoms with Crippen LogP contribution in [0.4, 0.5) is 0 Å². The Labute approximate surface area is 99.0 Å². The molecule has 0 aliphatic carbocycles. The van der Waals surface area contributed by atoms with Crippen LogP contribution in [0.3, 0.4) is 0 Å². The van der Waals surface area contributed by atoms with E-state index in [2.05, 4.69) is 12.1 Å². The molecule has 2 aromatic rings. The molecule has 16 heavy (non-hydrogen) atoms. The minimum atomic E-state index is -0.744. The lowest BCUT2D eigenvalue weighted by atomic mass is 10.0. The molecule has 0 saturated heterocycles. The molecular formula is C13H12ClNO. The summed E-state index contributed by atoms with van der Waals surface area (Å²) in [5.41, 5.74) is 7.61. The molecule has 0 fully saturated rings. The second-order valence-electron chi connectivity index (χ2n) is 3.89. The van der Waals surface area contributed by atoms with Gasteiger partial charge in [-0.25, -0.2) is 0 Å². The SMILES string of the molecule is Cc1ccc2ccc(C(N)C(=O)Cl)cc2c1. The summed E-state index contributed by atoms with van der Waals surface area (Å²) in [5, 5.41) is 1.67. The molecule has 0 aliphatic heterocycles. The van der Waals surface area contributed by atoms with Crippen molar-refractivity contribution >= 4 is 27.6 Å². The number of rotatable bonds is 2. The Morgan fingerprint density at radius 1 is 1.19 bits per heavy atom. The summed E-state index contributed by atoms with van der Waals surface area (Å²) in [6.45, 7) is 2.03. The van der Waals surface area contributed by atoms with Crippen LogP contribution in [0.25, 0.3) is 10.8 Å². The monoisotopic (exact) mass is 233 g/mol. The first kappa shape index (κ1) is 11.1. The van der Waals surface area contributed by atoms with Crippen LogP contribution in [-0.2, 0) is 4.79 Å². The maximum absolute atomic E-state index is 11.0. The van der Waals surface area contributed by atoms with Gasteiger partial charge in [-0.05, 0) is 40.9 Å². The fourth-order valence-corrected chi connectivity index (χ4v) is 1.84. The molecule has 0 heterocycles. The van der Waals surface area contributed by atoms with Crippen molar-refractivity contribution in [1.29, 1.82) is 0 Å². The Kier molecular flexibility index (Phi) is 2.95. The van der Waals surface area contributed by atoms with Gasteiger partial charge < -0.3 is 5.73 Å². The van der Waals surface area contributed by atoms with Gasteiger partial charge in [-0.3, -0.25) is 4.79 Å². The molecule has 2 N–H and O–H groups in total. The quantitative estimate of drug-likeness (QED) is 0.811. The van der Waals surface area contributed by atoms with E-state index in [4.69, 9.17) is 17.3 Å². The fraction of sp³-hybridized carbons (Fsp3) is 0.154. The van der Waals surface area contributed by atoms with Crippen LogP contribution in [-0.4, -0.2) is 5.24 Å². The topological polar surface area (TPSA) is 43.1 Å². The van der Waals surface area contributed by atoms with Crippen molar-refractivity contribution < 1.29 is 4.79 Å². The zero-order chi connectivity index (χ0) is 11.7. The molecule has 2 aromatic carbocycles. The lowest BCUT2D eigenvalue weighted by Gasteiger charge is -2.08. The molecule has 82 valence electrons. The van der Waals surface area contributed by atoms with Gasteiger partial charge in [-0.2, -0.15) is 0 Å². The lowest BCUT2D eigenvalue weighted by Crippen LogP contribution is -2.16. The van der Waals surface area contributed by atoms with Gasteiger partial charge in [0.25, 0.3) is 0 Å². The highest BCUT2D eigenvalue weighted by molar-refractivity contribution is 6.64. The molecule has 0 amide bonds. The Morgan fingerprint density at radius 3 is 2.56 bits per heavy atom. The van der Waals surface area contributed by atoms with Gasteiger partial charge in [0.1, 0.15) is 6.04 Å². The zero-order valence-corrected chi connectivity index (χ0v) is 9.66. The third-order valence-electron chi connectivity index (χ3n) is 2.62. The van der Waals surface area contributed by atoms with E-state index in [0.29, 0.717) is 0 Å². The summed E-state index contributed by atoms with van der Waals surface area (Å²) in [7, 11) is 0. The normalized spacial score (nSPS) is 12.7. The summed E-state index contributed by atoms with van der Waals surface area (Å²) in [6.07, 6.45) is 0. The first-order chi connectivity index (χ1) is 7.58. The van der Waals surface area contributed by atoms with Crippen molar-refractivity contribution in [3.63, 3.8) is 0 Å². The molecule has 0 aromatic heterocycles. The summed E-state index contributed by atoms with van der Waals surface area (Å²) in [5.74, 6) is 0. The van der Waals surface area contributed by atoms with Gasteiger partial charge in [0.05, 0.1) is 0 Å². The minimum Gasteiger partial charge on any atom is -0.317 e. The van der Waals surface area contributed by atoms with E-state index < -0.39 is 11.3 Å². The number of hydrogen-bond donors (Lipinski definition) is 1. The second kappa shape index (κ2) is 4.24. The highest BCUT2D eigenvalue weighted by Gasteiger charge is 2.13. The van der Waals surface area contributed by atoms with E-state index in [1.54, 1.807) is 0 Å². The van der Waals surface area contributed by atoms with E-state index in [0.717, 1.165) is 16.3 Å². The third-order valence-corrected chi connectivity index (χ3v) is 2.86. The van der Waals surface area contributed by atoms with Crippen LogP contribution in [0.15, 0.2) is 36.4 Å². The molecular weight excluding hydrogens is 222 g/mol. The molecule has 1 atom stereocenters. The molecule has 1 unspecified atom stereocenters. The smallest absolute Gasteiger partial charge is 0.242 e. The predicted octanol–water partition coefficient (Wildman–Crippen LogP) is 2.91. The Balaban J connectivity index is 2.54. The highest BCUT2D eigenvalue weighted by Crippen LogP contribution is 2.21. The van der Waals surface area contributed by atoms with Crippen LogP contribution in [0.2, 0.25) is 0 Å². The highest BCUT2D eigenvalue weighted by atomic mass is 35.5. The molecule has 0 radical (unpaired) electrons. The Hall–Kier alpha value is -1.38. The maximum Gasteiger partial charge on any atom is 0.242 e. The van der Waals surface area contributed by atoms with Crippen LogP contribution < -0.4 is 5.73 Å². The molecule has 2 nitrogen and oxygen atoms in total. The number of benzene rings is 2. The first-order valence-corrected chi connectivity index (χ1v) is 5.41. The van der Waals surface area contributed by atoms with Crippen LogP contribution >= 0.6 is 11.6 Å². The van der Waals surface area contributed by atoms with E-state index in [9.17, 15) is 4.79 Å². The summed E-state index contributed by atoms with van der Waals surface area (Å²) >= 11 is 5.38. The number of halogens is 1. The molecule has 2 rings (SSSR count). The summed E-state index contributed by atoms with van der Waals surface area (Å²) < 4.78 is 0. The standard InChI is InChI=1S/C13H12ClNO/c1-8-2-3-9-4-5-10(7-11(9)6-8)12(15)13(14)16/h2-7,12H,15H2,1H3. The van der Waals surface area contributed by atoms with E-state index >= 15 is 0 Å². The van der Waals surface area contributed by atoms with Crippen LogP contribution in [0, 0.1) is 6.92 Å². The maximum atomic E-state index is 11.0. The van der Waals surface area contributed by atoms with E-state index in [1.807, 2.05) is 31.2 Å². The zero-order valence-electron chi connectivity index (χ0n) is 8.91. The molecule has 0 saturated carbocycles. The summed E-state index contributed by atoms with van der Waals surface area (Å²) in [4.78, 5) is 11.0.